The Morgan fingerprint density at radius 2 is 1.77 bits per heavy atom. The zero-order valence-corrected chi connectivity index (χ0v) is 13.4. The Morgan fingerprint density at radius 1 is 1.18 bits per heavy atom. The van der Waals surface area contributed by atoms with Crippen molar-refractivity contribution >= 4 is 20.0 Å². The Morgan fingerprint density at radius 3 is 2.27 bits per heavy atom. The van der Waals surface area contributed by atoms with E-state index < -0.39 is 25.8 Å². The average molecular weight is 332 g/mol. The van der Waals surface area contributed by atoms with Gasteiger partial charge in [-0.25, -0.2) is 9.59 Å². The number of carbonyl (C=O) groups is 2. The maximum absolute atomic E-state index is 11.8. The summed E-state index contributed by atoms with van der Waals surface area (Å²) in [6, 6.07) is 8.98. The molecule has 0 saturated heterocycles. The molecular weight excluding hydrogens is 313 g/mol. The van der Waals surface area contributed by atoms with E-state index in [0.717, 1.165) is 26.9 Å². The number of methoxy groups -OCH3 is 1. The van der Waals surface area contributed by atoms with Crippen molar-refractivity contribution in [1.82, 2.24) is 5.32 Å². The van der Waals surface area contributed by atoms with Gasteiger partial charge in [-0.2, -0.15) is 13.9 Å². The van der Waals surface area contributed by atoms with Crippen LogP contribution in [-0.4, -0.2) is 44.1 Å². The number of ether oxygens (including phenoxy) is 2. The van der Waals surface area contributed by atoms with Crippen LogP contribution in [0.15, 0.2) is 30.3 Å². The molecule has 0 aromatic heterocycles. The van der Waals surface area contributed by atoms with Crippen molar-refractivity contribution in [3.8, 4) is 0 Å². The number of esters is 1. The third-order valence-corrected chi connectivity index (χ3v) is 4.78. The Balaban J connectivity index is 2.69. The SMILES string of the molecule is COC(=O)C(NC(=O)OCc1ccccc1)[P+](O)(OC)OC. The van der Waals surface area contributed by atoms with Crippen LogP contribution in [0.2, 0.25) is 0 Å². The largest absolute Gasteiger partial charge is 0.464 e. The lowest BCUT2D eigenvalue weighted by atomic mass is 10.2. The van der Waals surface area contributed by atoms with Gasteiger partial charge in [0.15, 0.2) is 0 Å². The number of nitrogens with one attached hydrogen (secondary N) is 1. The van der Waals surface area contributed by atoms with Crippen LogP contribution in [0.3, 0.4) is 0 Å². The zero-order chi connectivity index (χ0) is 16.6. The molecule has 9 heteroatoms. The molecule has 1 rings (SSSR count). The third-order valence-electron chi connectivity index (χ3n) is 2.74. The first-order valence-corrected chi connectivity index (χ1v) is 7.89. The van der Waals surface area contributed by atoms with Crippen LogP contribution in [0.1, 0.15) is 5.56 Å². The van der Waals surface area contributed by atoms with E-state index in [4.69, 9.17) is 13.8 Å². The van der Waals surface area contributed by atoms with Crippen molar-refractivity contribution in [2.45, 2.75) is 12.4 Å². The van der Waals surface area contributed by atoms with Crippen LogP contribution in [0.4, 0.5) is 4.79 Å². The second-order valence-electron chi connectivity index (χ2n) is 4.06. The van der Waals surface area contributed by atoms with Crippen LogP contribution in [-0.2, 0) is 29.9 Å². The van der Waals surface area contributed by atoms with E-state index in [1.54, 1.807) is 24.3 Å². The molecule has 0 aliphatic carbocycles. The third kappa shape index (κ3) is 4.92. The molecule has 1 aromatic carbocycles. The minimum atomic E-state index is -3.65. The van der Waals surface area contributed by atoms with Gasteiger partial charge in [-0.15, -0.1) is 0 Å². The van der Waals surface area contributed by atoms with Crippen LogP contribution in [0.5, 0.6) is 0 Å². The summed E-state index contributed by atoms with van der Waals surface area (Å²) < 4.78 is 19.1. The molecule has 1 amide bonds. The van der Waals surface area contributed by atoms with E-state index in [-0.39, 0.29) is 6.61 Å². The van der Waals surface area contributed by atoms with Crippen molar-refractivity contribution in [1.29, 1.82) is 0 Å². The molecule has 0 fully saturated rings. The highest BCUT2D eigenvalue weighted by Gasteiger charge is 2.55. The van der Waals surface area contributed by atoms with Gasteiger partial charge >= 0.3 is 25.8 Å². The summed E-state index contributed by atoms with van der Waals surface area (Å²) in [7, 11) is -0.223. The number of hydrogen-bond acceptors (Lipinski definition) is 7. The molecule has 0 bridgehead atoms. The molecule has 0 radical (unpaired) electrons. The molecule has 122 valence electrons. The van der Waals surface area contributed by atoms with Crippen molar-refractivity contribution in [2.24, 2.45) is 0 Å². The Hall–Kier alpha value is -1.73. The standard InChI is InChI=1S/C13H18NO7P/c1-18-12(15)11(22(17,19-2)20-3)14-13(16)21-9-10-7-5-4-6-8-10/h4-8,11,17H,9H2,1-3H3/p+1. The van der Waals surface area contributed by atoms with Crippen molar-refractivity contribution in [3.63, 3.8) is 0 Å². The van der Waals surface area contributed by atoms with Gasteiger partial charge in [-0.1, -0.05) is 30.3 Å². The minimum absolute atomic E-state index is 0.0113. The molecule has 0 heterocycles. The predicted octanol–water partition coefficient (Wildman–Crippen LogP) is 1.46. The molecule has 0 saturated carbocycles. The van der Waals surface area contributed by atoms with E-state index >= 15 is 0 Å². The van der Waals surface area contributed by atoms with Gasteiger partial charge in [0.2, 0.25) is 0 Å². The van der Waals surface area contributed by atoms with E-state index in [0.29, 0.717) is 0 Å². The topological polar surface area (TPSA) is 103 Å². The predicted molar refractivity (Wildman–Crippen MR) is 78.7 cm³/mol. The highest BCUT2D eigenvalue weighted by Crippen LogP contribution is 2.59. The molecule has 0 aliphatic heterocycles. The number of benzene rings is 1. The van der Waals surface area contributed by atoms with E-state index in [9.17, 15) is 14.5 Å². The Labute approximate surface area is 128 Å². The summed E-state index contributed by atoms with van der Waals surface area (Å²) in [6.45, 7) is 0.0113. The number of alkyl carbamates (subject to hydrolysis) is 1. The molecule has 8 nitrogen and oxygen atoms in total. The Bertz CT molecular complexity index is 492. The van der Waals surface area contributed by atoms with Crippen LogP contribution < -0.4 is 5.32 Å². The maximum Gasteiger partial charge on any atom is 0.444 e. The normalized spacial score (nSPS) is 12.4. The summed E-state index contributed by atoms with van der Waals surface area (Å²) in [5.41, 5.74) is 0.774. The maximum atomic E-state index is 11.8. The molecule has 0 spiro atoms. The first-order valence-electron chi connectivity index (χ1n) is 6.24. The lowest BCUT2D eigenvalue weighted by Crippen LogP contribution is -2.44. The van der Waals surface area contributed by atoms with Crippen molar-refractivity contribution in [3.05, 3.63) is 35.9 Å². The monoisotopic (exact) mass is 332 g/mol. The molecule has 22 heavy (non-hydrogen) atoms. The summed E-state index contributed by atoms with van der Waals surface area (Å²) in [4.78, 5) is 33.6. The number of carbonyl (C=O) groups excluding carboxylic acids is 2. The molecule has 0 aliphatic rings. The molecule has 1 aromatic rings. The van der Waals surface area contributed by atoms with Crippen LogP contribution >= 0.6 is 7.94 Å². The fraction of sp³-hybridized carbons (Fsp3) is 0.385. The zero-order valence-electron chi connectivity index (χ0n) is 12.5. The van der Waals surface area contributed by atoms with Crippen LogP contribution in [0.25, 0.3) is 0 Å². The van der Waals surface area contributed by atoms with E-state index in [2.05, 4.69) is 10.1 Å². The highest BCUT2D eigenvalue weighted by atomic mass is 31.2. The second-order valence-corrected chi connectivity index (χ2v) is 6.44. The van der Waals surface area contributed by atoms with Gasteiger partial charge in [0.1, 0.15) is 6.61 Å². The van der Waals surface area contributed by atoms with Crippen molar-refractivity contribution in [2.75, 3.05) is 21.3 Å². The number of amides is 1. The first kappa shape index (κ1) is 18.3. The molecule has 2 N–H and O–H groups in total. The summed E-state index contributed by atoms with van der Waals surface area (Å²) in [5.74, 6) is -2.41. The van der Waals surface area contributed by atoms with Gasteiger partial charge in [-0.3, -0.25) is 5.32 Å². The van der Waals surface area contributed by atoms with Gasteiger partial charge in [0, 0.05) is 0 Å². The lowest BCUT2D eigenvalue weighted by molar-refractivity contribution is -0.141. The van der Waals surface area contributed by atoms with Crippen LogP contribution in [0, 0.1) is 0 Å². The number of rotatable bonds is 7. The van der Waals surface area contributed by atoms with E-state index in [1.807, 2.05) is 6.07 Å². The minimum Gasteiger partial charge on any atom is -0.464 e. The summed E-state index contributed by atoms with van der Waals surface area (Å²) >= 11 is 0. The van der Waals surface area contributed by atoms with Gasteiger partial charge < -0.3 is 9.47 Å². The van der Waals surface area contributed by atoms with Crippen molar-refractivity contribution < 1.29 is 33.0 Å². The number of hydrogen-bond donors (Lipinski definition) is 2. The second kappa shape index (κ2) is 8.65. The Kier molecular flexibility index (Phi) is 7.20. The summed E-state index contributed by atoms with van der Waals surface area (Å²) in [6.07, 6.45) is -0.910. The van der Waals surface area contributed by atoms with Gasteiger partial charge in [0.25, 0.3) is 0 Å². The molecule has 1 atom stereocenters. The quantitative estimate of drug-likeness (QED) is 0.575. The first-order chi connectivity index (χ1) is 10.5. The molecule has 1 unspecified atom stereocenters. The fourth-order valence-corrected chi connectivity index (χ4v) is 2.76. The average Bonchev–Trinajstić information content (AvgIpc) is 2.57. The molecular formula is C13H19NO7P+. The van der Waals surface area contributed by atoms with Gasteiger partial charge in [-0.05, 0) is 5.56 Å². The fourth-order valence-electron chi connectivity index (χ4n) is 1.55. The summed E-state index contributed by atoms with van der Waals surface area (Å²) in [5, 5.41) is 2.19. The smallest absolute Gasteiger partial charge is 0.444 e. The van der Waals surface area contributed by atoms with E-state index in [1.165, 1.54) is 0 Å². The lowest BCUT2D eigenvalue weighted by Gasteiger charge is -2.21. The highest BCUT2D eigenvalue weighted by molar-refractivity contribution is 7.62. The van der Waals surface area contributed by atoms with Gasteiger partial charge in [0.05, 0.1) is 21.3 Å².